The third kappa shape index (κ3) is 4.16. The average Bonchev–Trinajstić information content (AvgIpc) is 3.23. The van der Waals surface area contributed by atoms with Crippen molar-refractivity contribution in [3.05, 3.63) is 67.1 Å². The van der Waals surface area contributed by atoms with Gasteiger partial charge in [-0.1, -0.05) is 6.07 Å². The summed E-state index contributed by atoms with van der Waals surface area (Å²) in [6, 6.07) is 6.70. The van der Waals surface area contributed by atoms with Crippen molar-refractivity contribution in [3.63, 3.8) is 0 Å². The molecule has 2 N–H and O–H groups in total. The maximum absolute atomic E-state index is 12.7. The average molecular weight is 417 g/mol. The summed E-state index contributed by atoms with van der Waals surface area (Å²) in [6.45, 7) is 0.0805. The minimum atomic E-state index is -0.688. The molecule has 152 valence electrons. The van der Waals surface area contributed by atoms with Crippen LogP contribution in [-0.4, -0.2) is 36.8 Å². The molecule has 1 amide bonds. The molecule has 2 aromatic heterocycles. The molecule has 0 radical (unpaired) electrons. The Morgan fingerprint density at radius 1 is 1.14 bits per heavy atom. The summed E-state index contributed by atoms with van der Waals surface area (Å²) in [5, 5.41) is 4.46. The molecular weight excluding hydrogens is 398 g/mol. The molecule has 1 aromatic carbocycles. The van der Waals surface area contributed by atoms with E-state index in [0.717, 1.165) is 15.6 Å². The minimum absolute atomic E-state index is 0.0805. The number of hydrogen-bond acceptors (Lipinski definition) is 7. The highest BCUT2D eigenvalue weighted by Gasteiger charge is 2.18. The first-order valence-electron chi connectivity index (χ1n) is 8.44. The number of methoxy groups -OCH3 is 3. The van der Waals surface area contributed by atoms with Crippen LogP contribution in [0, 0.1) is 0 Å². The topological polar surface area (TPSA) is 112 Å². The van der Waals surface area contributed by atoms with E-state index in [0.29, 0.717) is 22.9 Å². The number of anilines is 1. The molecule has 0 spiro atoms. The number of rotatable bonds is 7. The van der Waals surface area contributed by atoms with Crippen LogP contribution in [0.25, 0.3) is 0 Å². The predicted octanol–water partition coefficient (Wildman–Crippen LogP) is 1.92. The molecule has 2 heterocycles. The van der Waals surface area contributed by atoms with Gasteiger partial charge >= 0.3 is 5.69 Å². The Morgan fingerprint density at radius 2 is 1.83 bits per heavy atom. The van der Waals surface area contributed by atoms with E-state index in [-0.39, 0.29) is 12.1 Å². The molecule has 0 aliphatic carbocycles. The molecule has 0 unspecified atom stereocenters. The van der Waals surface area contributed by atoms with Crippen molar-refractivity contribution in [2.24, 2.45) is 0 Å². The van der Waals surface area contributed by atoms with E-state index in [1.165, 1.54) is 44.8 Å². The van der Waals surface area contributed by atoms with Crippen LogP contribution >= 0.6 is 11.3 Å². The van der Waals surface area contributed by atoms with Gasteiger partial charge in [0.05, 0.1) is 27.9 Å². The fourth-order valence-corrected chi connectivity index (χ4v) is 3.42. The van der Waals surface area contributed by atoms with Crippen molar-refractivity contribution in [2.75, 3.05) is 26.6 Å². The lowest BCUT2D eigenvalue weighted by molar-refractivity contribution is 0.102. The van der Waals surface area contributed by atoms with Crippen LogP contribution in [0.3, 0.4) is 0 Å². The van der Waals surface area contributed by atoms with Crippen LogP contribution in [0.15, 0.2) is 45.4 Å². The summed E-state index contributed by atoms with van der Waals surface area (Å²) in [5.41, 5.74) is -1.14. The number of amides is 1. The quantitative estimate of drug-likeness (QED) is 0.608. The number of ether oxygens (including phenoxy) is 3. The van der Waals surface area contributed by atoms with Gasteiger partial charge in [0.15, 0.2) is 11.5 Å². The molecule has 0 atom stereocenters. The Balaban J connectivity index is 1.94. The molecule has 0 saturated heterocycles. The standard InChI is InChI=1S/C19H19N3O6S/c1-26-14-7-11(8-15(27-2)16(14)28-3)21-17(23)13-9-20-19(25)22(18(13)24)10-12-5-4-6-29-12/h4-9H,10H2,1-3H3,(H,20,25)(H,21,23). The number of carbonyl (C=O) groups excluding carboxylic acids is 1. The highest BCUT2D eigenvalue weighted by atomic mass is 32.1. The first kappa shape index (κ1) is 20.2. The molecule has 0 fully saturated rings. The summed E-state index contributed by atoms with van der Waals surface area (Å²) in [6.07, 6.45) is 1.10. The van der Waals surface area contributed by atoms with E-state index in [1.807, 2.05) is 11.4 Å². The molecule has 0 aliphatic rings. The number of thiophene rings is 1. The summed E-state index contributed by atoms with van der Waals surface area (Å²) in [7, 11) is 4.37. The third-order valence-electron chi connectivity index (χ3n) is 4.12. The Hall–Kier alpha value is -3.53. The van der Waals surface area contributed by atoms with Gasteiger partial charge < -0.3 is 24.5 Å². The Labute approximate surface area is 169 Å². The van der Waals surface area contributed by atoms with Crippen molar-refractivity contribution in [1.29, 1.82) is 0 Å². The van der Waals surface area contributed by atoms with Gasteiger partial charge in [-0.25, -0.2) is 4.79 Å². The number of nitrogens with zero attached hydrogens (tertiary/aromatic N) is 1. The molecule has 9 nitrogen and oxygen atoms in total. The van der Waals surface area contributed by atoms with Crippen LogP contribution in [0.1, 0.15) is 15.2 Å². The van der Waals surface area contributed by atoms with Crippen LogP contribution in [0.4, 0.5) is 5.69 Å². The molecule has 0 saturated carbocycles. The van der Waals surface area contributed by atoms with Crippen molar-refractivity contribution in [2.45, 2.75) is 6.54 Å². The van der Waals surface area contributed by atoms with Gasteiger partial charge in [-0.05, 0) is 11.4 Å². The van der Waals surface area contributed by atoms with Gasteiger partial charge in [0.2, 0.25) is 5.75 Å². The van der Waals surface area contributed by atoms with Crippen molar-refractivity contribution in [1.82, 2.24) is 9.55 Å². The zero-order chi connectivity index (χ0) is 21.0. The first-order chi connectivity index (χ1) is 14.0. The summed E-state index contributed by atoms with van der Waals surface area (Å²) >= 11 is 1.41. The lowest BCUT2D eigenvalue weighted by atomic mass is 10.2. The lowest BCUT2D eigenvalue weighted by Crippen LogP contribution is -2.39. The largest absolute Gasteiger partial charge is 0.493 e. The summed E-state index contributed by atoms with van der Waals surface area (Å²) < 4.78 is 16.7. The second kappa shape index (κ2) is 8.65. The van der Waals surface area contributed by atoms with Gasteiger partial charge in [-0.3, -0.25) is 14.2 Å². The smallest absolute Gasteiger partial charge is 0.328 e. The van der Waals surface area contributed by atoms with Gasteiger partial charge in [0.1, 0.15) is 5.56 Å². The van der Waals surface area contributed by atoms with E-state index in [4.69, 9.17) is 14.2 Å². The number of benzene rings is 1. The van der Waals surface area contributed by atoms with E-state index in [1.54, 1.807) is 6.07 Å². The fraction of sp³-hybridized carbons (Fsp3) is 0.211. The molecule has 3 aromatic rings. The molecule has 3 rings (SSSR count). The Kier molecular flexibility index (Phi) is 6.03. The van der Waals surface area contributed by atoms with Crippen LogP contribution in [-0.2, 0) is 6.54 Å². The van der Waals surface area contributed by atoms with Crippen molar-refractivity contribution < 1.29 is 19.0 Å². The second-order valence-electron chi connectivity index (χ2n) is 5.85. The Morgan fingerprint density at radius 3 is 2.38 bits per heavy atom. The minimum Gasteiger partial charge on any atom is -0.493 e. The van der Waals surface area contributed by atoms with Gasteiger partial charge in [-0.2, -0.15) is 0 Å². The molecule has 10 heteroatoms. The number of aromatic amines is 1. The Bertz CT molecular complexity index is 1110. The number of hydrogen-bond donors (Lipinski definition) is 2. The van der Waals surface area contributed by atoms with Crippen LogP contribution < -0.4 is 30.8 Å². The van der Waals surface area contributed by atoms with Crippen LogP contribution in [0.5, 0.6) is 17.2 Å². The second-order valence-corrected chi connectivity index (χ2v) is 6.88. The molecular formula is C19H19N3O6S. The number of H-pyrrole nitrogens is 1. The lowest BCUT2D eigenvalue weighted by Gasteiger charge is -2.14. The monoisotopic (exact) mass is 417 g/mol. The maximum Gasteiger partial charge on any atom is 0.328 e. The van der Waals surface area contributed by atoms with E-state index < -0.39 is 17.2 Å². The van der Waals surface area contributed by atoms with Crippen LogP contribution in [0.2, 0.25) is 0 Å². The molecule has 29 heavy (non-hydrogen) atoms. The highest BCUT2D eigenvalue weighted by Crippen LogP contribution is 2.39. The van der Waals surface area contributed by atoms with Gasteiger partial charge in [0.25, 0.3) is 11.5 Å². The number of carbonyl (C=O) groups is 1. The molecule has 0 bridgehead atoms. The van der Waals surface area contributed by atoms with Crippen molar-refractivity contribution in [3.8, 4) is 17.2 Å². The SMILES string of the molecule is COc1cc(NC(=O)c2c[nH]c(=O)n(Cc3cccs3)c2=O)cc(OC)c1OC. The predicted molar refractivity (Wildman–Crippen MR) is 109 cm³/mol. The zero-order valence-corrected chi connectivity index (χ0v) is 16.8. The maximum atomic E-state index is 12.7. The highest BCUT2D eigenvalue weighted by molar-refractivity contribution is 7.09. The van der Waals surface area contributed by atoms with E-state index in [2.05, 4.69) is 10.3 Å². The third-order valence-corrected chi connectivity index (χ3v) is 4.98. The van der Waals surface area contributed by atoms with E-state index >= 15 is 0 Å². The van der Waals surface area contributed by atoms with Gasteiger partial charge in [0, 0.05) is 28.9 Å². The summed E-state index contributed by atoms with van der Waals surface area (Å²) in [4.78, 5) is 40.7. The zero-order valence-electron chi connectivity index (χ0n) is 16.0. The van der Waals surface area contributed by atoms with Gasteiger partial charge in [-0.15, -0.1) is 11.3 Å². The number of nitrogens with one attached hydrogen (secondary N) is 2. The summed E-state index contributed by atoms with van der Waals surface area (Å²) in [5.74, 6) is 0.383. The number of aromatic nitrogens is 2. The first-order valence-corrected chi connectivity index (χ1v) is 9.32. The van der Waals surface area contributed by atoms with Crippen molar-refractivity contribution >= 4 is 22.9 Å². The molecule has 0 aliphatic heterocycles. The van der Waals surface area contributed by atoms with E-state index in [9.17, 15) is 14.4 Å². The normalized spacial score (nSPS) is 10.4. The fourth-order valence-electron chi connectivity index (χ4n) is 2.73.